The van der Waals surface area contributed by atoms with Crippen molar-refractivity contribution in [2.24, 2.45) is 0 Å². The SMILES string of the molecule is CCOCC(C)OC(CNC)c1ccc(Cl)cc1. The average Bonchev–Trinajstić information content (AvgIpc) is 2.37. The normalized spacial score (nSPS) is 14.4. The molecule has 2 atom stereocenters. The molecule has 0 aromatic heterocycles. The van der Waals surface area contributed by atoms with Crippen molar-refractivity contribution < 1.29 is 9.47 Å². The maximum Gasteiger partial charge on any atom is 0.0953 e. The second-order valence-corrected chi connectivity index (χ2v) is 4.64. The Morgan fingerprint density at radius 2 is 1.94 bits per heavy atom. The summed E-state index contributed by atoms with van der Waals surface area (Å²) in [6.45, 7) is 6.10. The Kier molecular flexibility index (Phi) is 7.28. The van der Waals surface area contributed by atoms with Gasteiger partial charge in [-0.05, 0) is 38.6 Å². The van der Waals surface area contributed by atoms with Crippen molar-refractivity contribution in [1.82, 2.24) is 5.32 Å². The molecular formula is C14H22ClNO2. The lowest BCUT2D eigenvalue weighted by atomic mass is 10.1. The molecule has 0 saturated heterocycles. The van der Waals surface area contributed by atoms with Gasteiger partial charge < -0.3 is 14.8 Å². The first kappa shape index (κ1) is 15.4. The van der Waals surface area contributed by atoms with Crippen LogP contribution in [-0.4, -0.2) is 32.9 Å². The van der Waals surface area contributed by atoms with Crippen LogP contribution in [0.2, 0.25) is 5.02 Å². The molecule has 1 rings (SSSR count). The van der Waals surface area contributed by atoms with E-state index >= 15 is 0 Å². The van der Waals surface area contributed by atoms with Crippen molar-refractivity contribution in [1.29, 1.82) is 0 Å². The summed E-state index contributed by atoms with van der Waals surface area (Å²) in [6.07, 6.45) is 0.0849. The van der Waals surface area contributed by atoms with Crippen LogP contribution >= 0.6 is 11.6 Å². The largest absolute Gasteiger partial charge is 0.379 e. The molecule has 0 heterocycles. The van der Waals surface area contributed by atoms with Crippen LogP contribution in [0.1, 0.15) is 25.5 Å². The van der Waals surface area contributed by atoms with E-state index in [4.69, 9.17) is 21.1 Å². The molecular weight excluding hydrogens is 250 g/mol. The number of hydrogen-bond acceptors (Lipinski definition) is 3. The van der Waals surface area contributed by atoms with Gasteiger partial charge in [-0.25, -0.2) is 0 Å². The molecule has 2 unspecified atom stereocenters. The van der Waals surface area contributed by atoms with Gasteiger partial charge in [0.05, 0.1) is 18.8 Å². The molecule has 0 amide bonds. The zero-order valence-corrected chi connectivity index (χ0v) is 12.0. The number of hydrogen-bond donors (Lipinski definition) is 1. The first-order chi connectivity index (χ1) is 8.67. The van der Waals surface area contributed by atoms with Gasteiger partial charge in [-0.1, -0.05) is 23.7 Å². The van der Waals surface area contributed by atoms with E-state index < -0.39 is 0 Å². The fraction of sp³-hybridized carbons (Fsp3) is 0.571. The number of benzene rings is 1. The summed E-state index contributed by atoms with van der Waals surface area (Å²) < 4.78 is 11.4. The van der Waals surface area contributed by atoms with E-state index in [9.17, 15) is 0 Å². The zero-order chi connectivity index (χ0) is 13.4. The predicted molar refractivity (Wildman–Crippen MR) is 75.2 cm³/mol. The Morgan fingerprint density at radius 3 is 2.50 bits per heavy atom. The molecule has 0 aliphatic heterocycles. The van der Waals surface area contributed by atoms with Crippen LogP contribution in [0.15, 0.2) is 24.3 Å². The second kappa shape index (κ2) is 8.48. The third-order valence-corrected chi connectivity index (χ3v) is 2.84. The van der Waals surface area contributed by atoms with Crippen LogP contribution in [0.4, 0.5) is 0 Å². The van der Waals surface area contributed by atoms with Gasteiger partial charge >= 0.3 is 0 Å². The van der Waals surface area contributed by atoms with Crippen LogP contribution in [0.25, 0.3) is 0 Å². The van der Waals surface area contributed by atoms with E-state index in [1.165, 1.54) is 0 Å². The van der Waals surface area contributed by atoms with E-state index in [2.05, 4.69) is 5.32 Å². The van der Waals surface area contributed by atoms with Crippen molar-refractivity contribution in [3.63, 3.8) is 0 Å². The Balaban J connectivity index is 2.61. The molecule has 4 heteroatoms. The molecule has 1 aromatic carbocycles. The molecule has 0 bridgehead atoms. The van der Waals surface area contributed by atoms with Gasteiger partial charge in [-0.15, -0.1) is 0 Å². The lowest BCUT2D eigenvalue weighted by Gasteiger charge is -2.22. The summed E-state index contributed by atoms with van der Waals surface area (Å²) in [5.74, 6) is 0. The molecule has 3 nitrogen and oxygen atoms in total. The maximum absolute atomic E-state index is 5.99. The van der Waals surface area contributed by atoms with Gasteiger partial charge in [-0.2, -0.15) is 0 Å². The van der Waals surface area contributed by atoms with E-state index in [0.717, 1.165) is 17.1 Å². The molecule has 0 spiro atoms. The standard InChI is InChI=1S/C14H22ClNO2/c1-4-17-10-11(2)18-14(9-16-3)12-5-7-13(15)8-6-12/h5-8,11,14,16H,4,9-10H2,1-3H3. The number of likely N-dealkylation sites (N-methyl/N-ethyl adjacent to an activating group) is 1. The van der Waals surface area contributed by atoms with E-state index in [0.29, 0.717) is 13.2 Å². The van der Waals surface area contributed by atoms with Crippen molar-refractivity contribution in [2.75, 3.05) is 26.8 Å². The van der Waals surface area contributed by atoms with E-state index in [1.807, 2.05) is 45.2 Å². The van der Waals surface area contributed by atoms with Crippen molar-refractivity contribution in [3.8, 4) is 0 Å². The number of halogens is 1. The summed E-state index contributed by atoms with van der Waals surface area (Å²) in [4.78, 5) is 0. The van der Waals surface area contributed by atoms with Crippen LogP contribution in [0, 0.1) is 0 Å². The monoisotopic (exact) mass is 271 g/mol. The minimum Gasteiger partial charge on any atom is -0.379 e. The third-order valence-electron chi connectivity index (χ3n) is 2.58. The lowest BCUT2D eigenvalue weighted by molar-refractivity contribution is -0.0464. The Morgan fingerprint density at radius 1 is 1.28 bits per heavy atom. The van der Waals surface area contributed by atoms with Gasteiger partial charge in [0.15, 0.2) is 0 Å². The second-order valence-electron chi connectivity index (χ2n) is 4.20. The van der Waals surface area contributed by atoms with Gasteiger partial charge in [0.2, 0.25) is 0 Å². The van der Waals surface area contributed by atoms with Crippen molar-refractivity contribution in [2.45, 2.75) is 26.1 Å². The number of ether oxygens (including phenoxy) is 2. The smallest absolute Gasteiger partial charge is 0.0953 e. The summed E-state index contributed by atoms with van der Waals surface area (Å²) >= 11 is 5.89. The highest BCUT2D eigenvalue weighted by Crippen LogP contribution is 2.20. The van der Waals surface area contributed by atoms with Gasteiger partial charge in [0.1, 0.15) is 0 Å². The molecule has 1 N–H and O–H groups in total. The fourth-order valence-electron chi connectivity index (χ4n) is 1.71. The molecule has 0 fully saturated rings. The minimum atomic E-state index is 0.0164. The van der Waals surface area contributed by atoms with Crippen LogP contribution in [0.5, 0.6) is 0 Å². The summed E-state index contributed by atoms with van der Waals surface area (Å²) in [6, 6.07) is 7.77. The number of nitrogens with one attached hydrogen (secondary N) is 1. The Bertz CT molecular complexity index is 329. The molecule has 0 aliphatic rings. The highest BCUT2D eigenvalue weighted by atomic mass is 35.5. The molecule has 18 heavy (non-hydrogen) atoms. The summed E-state index contributed by atoms with van der Waals surface area (Å²) in [5, 5.41) is 3.88. The number of rotatable bonds is 8. The van der Waals surface area contributed by atoms with Gasteiger partial charge in [0, 0.05) is 18.2 Å². The quantitative estimate of drug-likeness (QED) is 0.788. The van der Waals surface area contributed by atoms with Crippen LogP contribution in [0.3, 0.4) is 0 Å². The van der Waals surface area contributed by atoms with Gasteiger partial charge in [-0.3, -0.25) is 0 Å². The van der Waals surface area contributed by atoms with Crippen molar-refractivity contribution >= 4 is 11.6 Å². The van der Waals surface area contributed by atoms with E-state index in [1.54, 1.807) is 0 Å². The van der Waals surface area contributed by atoms with E-state index in [-0.39, 0.29) is 12.2 Å². The van der Waals surface area contributed by atoms with Crippen molar-refractivity contribution in [3.05, 3.63) is 34.9 Å². The fourth-order valence-corrected chi connectivity index (χ4v) is 1.84. The summed E-state index contributed by atoms with van der Waals surface area (Å²) in [7, 11) is 1.92. The molecule has 0 aliphatic carbocycles. The maximum atomic E-state index is 5.99. The molecule has 102 valence electrons. The zero-order valence-electron chi connectivity index (χ0n) is 11.3. The first-order valence-electron chi connectivity index (χ1n) is 6.30. The lowest BCUT2D eigenvalue weighted by Crippen LogP contribution is -2.26. The minimum absolute atomic E-state index is 0.0164. The average molecular weight is 272 g/mol. The van der Waals surface area contributed by atoms with Crippen LogP contribution in [-0.2, 0) is 9.47 Å². The summed E-state index contributed by atoms with van der Waals surface area (Å²) in [5.41, 5.74) is 1.12. The first-order valence-corrected chi connectivity index (χ1v) is 6.68. The molecule has 0 radical (unpaired) electrons. The van der Waals surface area contributed by atoms with Gasteiger partial charge in [0.25, 0.3) is 0 Å². The predicted octanol–water partition coefficient (Wildman–Crippen LogP) is 3.04. The highest BCUT2D eigenvalue weighted by molar-refractivity contribution is 6.30. The molecule has 0 saturated carbocycles. The third kappa shape index (κ3) is 5.36. The highest BCUT2D eigenvalue weighted by Gasteiger charge is 2.15. The topological polar surface area (TPSA) is 30.5 Å². The Labute approximate surface area is 114 Å². The Hall–Kier alpha value is -0.610. The molecule has 1 aromatic rings. The van der Waals surface area contributed by atoms with Crippen LogP contribution < -0.4 is 5.32 Å².